The Labute approximate surface area is 130 Å². The zero-order chi connectivity index (χ0) is 16.2. The molecule has 0 saturated carbocycles. The zero-order valence-electron chi connectivity index (χ0n) is 15.6. The van der Waals surface area contributed by atoms with Crippen LogP contribution in [0.5, 0.6) is 0 Å². The Kier molecular flexibility index (Phi) is 7.46. The summed E-state index contributed by atoms with van der Waals surface area (Å²) in [5.41, 5.74) is 2.24. The SMILES string of the molecule is C=C[Si](C)(C)CCCN(C(C)CC)[Si](C)(C)C(C)(C)C. The van der Waals surface area contributed by atoms with Gasteiger partial charge in [0.05, 0.1) is 8.07 Å². The van der Waals surface area contributed by atoms with E-state index in [1.807, 2.05) is 0 Å². The molecule has 0 aromatic heterocycles. The summed E-state index contributed by atoms with van der Waals surface area (Å²) < 4.78 is 2.88. The first-order chi connectivity index (χ1) is 8.89. The summed E-state index contributed by atoms with van der Waals surface area (Å²) >= 11 is 0. The van der Waals surface area contributed by atoms with Crippen LogP contribution >= 0.6 is 0 Å². The van der Waals surface area contributed by atoms with Gasteiger partial charge in [0.2, 0.25) is 0 Å². The van der Waals surface area contributed by atoms with Crippen molar-refractivity contribution in [1.82, 2.24) is 4.57 Å². The van der Waals surface area contributed by atoms with E-state index in [2.05, 4.69) is 77.7 Å². The Morgan fingerprint density at radius 1 is 1.15 bits per heavy atom. The standard InChI is InChI=1S/C17H39NSi2/c1-11-16(3)18(20(9,10)17(4,5)6)14-13-15-19(7,8)12-2/h12,16H,2,11,13-15H2,1,3-10H3. The topological polar surface area (TPSA) is 3.24 Å². The van der Waals surface area contributed by atoms with Crippen LogP contribution in [0.3, 0.4) is 0 Å². The Bertz CT molecular complexity index is 303. The minimum atomic E-state index is -1.40. The lowest BCUT2D eigenvalue weighted by Crippen LogP contribution is -2.58. The molecule has 0 aliphatic carbocycles. The molecule has 0 aromatic carbocycles. The molecule has 0 saturated heterocycles. The molecule has 120 valence electrons. The van der Waals surface area contributed by atoms with Gasteiger partial charge in [-0.25, -0.2) is 0 Å². The summed E-state index contributed by atoms with van der Waals surface area (Å²) in [5.74, 6) is 0. The van der Waals surface area contributed by atoms with Crippen molar-refractivity contribution in [1.29, 1.82) is 0 Å². The van der Waals surface area contributed by atoms with E-state index in [1.165, 1.54) is 25.4 Å². The molecule has 1 nitrogen and oxygen atoms in total. The van der Waals surface area contributed by atoms with Gasteiger partial charge in [-0.1, -0.05) is 66.9 Å². The second-order valence-electron chi connectivity index (χ2n) is 8.56. The lowest BCUT2D eigenvalue weighted by Gasteiger charge is -2.49. The highest BCUT2D eigenvalue weighted by molar-refractivity contribution is 6.82. The average Bonchev–Trinajstić information content (AvgIpc) is 2.32. The fraction of sp³-hybridized carbons (Fsp3) is 0.882. The maximum absolute atomic E-state index is 4.03. The summed E-state index contributed by atoms with van der Waals surface area (Å²) in [5, 5.41) is 0.432. The molecule has 0 aromatic rings. The number of nitrogens with zero attached hydrogens (tertiary/aromatic N) is 1. The Morgan fingerprint density at radius 2 is 1.65 bits per heavy atom. The van der Waals surface area contributed by atoms with Gasteiger partial charge in [0, 0.05) is 6.04 Å². The van der Waals surface area contributed by atoms with E-state index in [-0.39, 0.29) is 0 Å². The van der Waals surface area contributed by atoms with Crippen molar-refractivity contribution in [3.63, 3.8) is 0 Å². The fourth-order valence-corrected chi connectivity index (χ4v) is 6.65. The van der Waals surface area contributed by atoms with Crippen LogP contribution in [0.1, 0.15) is 47.5 Å². The third kappa shape index (κ3) is 5.49. The van der Waals surface area contributed by atoms with E-state index in [0.29, 0.717) is 11.1 Å². The second kappa shape index (κ2) is 7.41. The lowest BCUT2D eigenvalue weighted by atomic mass is 10.2. The van der Waals surface area contributed by atoms with Crippen molar-refractivity contribution in [3.05, 3.63) is 12.3 Å². The second-order valence-corrected chi connectivity index (χ2v) is 18.6. The van der Waals surface area contributed by atoms with Crippen LogP contribution in [-0.2, 0) is 0 Å². The van der Waals surface area contributed by atoms with Crippen molar-refractivity contribution in [2.75, 3.05) is 6.54 Å². The molecule has 0 aliphatic heterocycles. The molecular formula is C17H39NSi2. The average molecular weight is 314 g/mol. The summed E-state index contributed by atoms with van der Waals surface area (Å²) in [6.45, 7) is 27.3. The van der Waals surface area contributed by atoms with E-state index in [9.17, 15) is 0 Å². The third-order valence-electron chi connectivity index (χ3n) is 5.45. The Morgan fingerprint density at radius 3 is 2.00 bits per heavy atom. The molecule has 20 heavy (non-hydrogen) atoms. The lowest BCUT2D eigenvalue weighted by molar-refractivity contribution is 0.310. The molecule has 1 unspecified atom stereocenters. The first-order valence-corrected chi connectivity index (χ1v) is 14.5. The largest absolute Gasteiger partial charge is 0.321 e. The maximum atomic E-state index is 4.03. The van der Waals surface area contributed by atoms with E-state index >= 15 is 0 Å². The van der Waals surface area contributed by atoms with Crippen LogP contribution in [-0.4, -0.2) is 33.5 Å². The van der Waals surface area contributed by atoms with Gasteiger partial charge in [-0.2, -0.15) is 0 Å². The van der Waals surface area contributed by atoms with Gasteiger partial charge < -0.3 is 4.57 Å². The molecule has 0 amide bonds. The molecule has 0 aliphatic rings. The van der Waals surface area contributed by atoms with Crippen molar-refractivity contribution >= 4 is 16.3 Å². The highest BCUT2D eigenvalue weighted by atomic mass is 28.3. The quantitative estimate of drug-likeness (QED) is 0.503. The summed E-state index contributed by atoms with van der Waals surface area (Å²) in [6.07, 6.45) is 2.59. The zero-order valence-corrected chi connectivity index (χ0v) is 17.6. The van der Waals surface area contributed by atoms with Crippen LogP contribution in [0.2, 0.25) is 37.3 Å². The number of hydrogen-bond acceptors (Lipinski definition) is 1. The summed E-state index contributed by atoms with van der Waals surface area (Å²) in [7, 11) is -2.54. The van der Waals surface area contributed by atoms with Crippen molar-refractivity contribution in [2.24, 2.45) is 0 Å². The number of rotatable bonds is 8. The Hall–Kier alpha value is 0.134. The van der Waals surface area contributed by atoms with E-state index in [1.54, 1.807) is 0 Å². The van der Waals surface area contributed by atoms with Crippen LogP contribution in [0, 0.1) is 0 Å². The molecule has 0 fully saturated rings. The highest BCUT2D eigenvalue weighted by Crippen LogP contribution is 2.39. The van der Waals surface area contributed by atoms with Crippen molar-refractivity contribution < 1.29 is 0 Å². The molecule has 0 rings (SSSR count). The molecule has 1 atom stereocenters. The minimum Gasteiger partial charge on any atom is -0.321 e. The monoisotopic (exact) mass is 313 g/mol. The van der Waals surface area contributed by atoms with Crippen molar-refractivity contribution in [3.8, 4) is 0 Å². The molecule has 0 radical (unpaired) electrons. The molecule has 0 bridgehead atoms. The first kappa shape index (κ1) is 20.1. The molecule has 0 N–H and O–H groups in total. The normalized spacial score (nSPS) is 15.5. The molecule has 0 spiro atoms. The molecular weight excluding hydrogens is 274 g/mol. The predicted molar refractivity (Wildman–Crippen MR) is 101 cm³/mol. The van der Waals surface area contributed by atoms with Gasteiger partial charge in [0.15, 0.2) is 0 Å². The smallest absolute Gasteiger partial charge is 0.127 e. The van der Waals surface area contributed by atoms with E-state index in [0.717, 1.165) is 0 Å². The third-order valence-corrected chi connectivity index (χ3v) is 14.0. The molecule has 0 heterocycles. The van der Waals surface area contributed by atoms with Crippen LogP contribution in [0.25, 0.3) is 0 Å². The van der Waals surface area contributed by atoms with Crippen molar-refractivity contribution in [2.45, 2.75) is 90.8 Å². The van der Waals surface area contributed by atoms with Crippen LogP contribution < -0.4 is 0 Å². The number of hydrogen-bond donors (Lipinski definition) is 0. The van der Waals surface area contributed by atoms with Crippen LogP contribution in [0.15, 0.2) is 12.3 Å². The van der Waals surface area contributed by atoms with E-state index in [4.69, 9.17) is 0 Å². The predicted octanol–water partition coefficient (Wildman–Crippen LogP) is 5.92. The minimum absolute atomic E-state index is 0.432. The summed E-state index contributed by atoms with van der Waals surface area (Å²) in [6, 6.07) is 2.09. The van der Waals surface area contributed by atoms with Gasteiger partial charge in [0.25, 0.3) is 0 Å². The van der Waals surface area contributed by atoms with Crippen LogP contribution in [0.4, 0.5) is 0 Å². The van der Waals surface area contributed by atoms with Gasteiger partial charge in [-0.3, -0.25) is 0 Å². The fourth-order valence-electron chi connectivity index (χ4n) is 2.51. The Balaban J connectivity index is 4.89. The van der Waals surface area contributed by atoms with Gasteiger partial charge >= 0.3 is 0 Å². The summed E-state index contributed by atoms with van der Waals surface area (Å²) in [4.78, 5) is 0. The van der Waals surface area contributed by atoms with Gasteiger partial charge in [0.1, 0.15) is 8.24 Å². The molecule has 3 heteroatoms. The maximum Gasteiger partial charge on any atom is 0.127 e. The highest BCUT2D eigenvalue weighted by Gasteiger charge is 2.42. The first-order valence-electron chi connectivity index (χ1n) is 8.29. The van der Waals surface area contributed by atoms with Gasteiger partial charge in [-0.15, -0.1) is 12.3 Å². The van der Waals surface area contributed by atoms with E-state index < -0.39 is 16.3 Å². The van der Waals surface area contributed by atoms with Gasteiger partial charge in [-0.05, 0) is 24.4 Å².